The first-order valence-corrected chi connectivity index (χ1v) is 8.77. The first kappa shape index (κ1) is 17.4. The zero-order valence-corrected chi connectivity index (χ0v) is 14.3. The second-order valence-corrected chi connectivity index (χ2v) is 7.25. The second-order valence-electron chi connectivity index (χ2n) is 7.25. The molecule has 0 aromatic heterocycles. The van der Waals surface area contributed by atoms with Gasteiger partial charge in [0.05, 0.1) is 11.0 Å². The van der Waals surface area contributed by atoms with E-state index in [-0.39, 0.29) is 17.3 Å². The van der Waals surface area contributed by atoms with Crippen molar-refractivity contribution < 1.29 is 18.7 Å². The lowest BCUT2D eigenvalue weighted by Gasteiger charge is -2.37. The Morgan fingerprint density at radius 2 is 1.96 bits per heavy atom. The number of carbonyl (C=O) groups is 1. The molecule has 1 aromatic rings. The maximum atomic E-state index is 14.1. The summed E-state index contributed by atoms with van der Waals surface area (Å²) in [6, 6.07) is 6.71. The minimum atomic E-state index is -0.602. The van der Waals surface area contributed by atoms with Gasteiger partial charge in [-0.2, -0.15) is 0 Å². The number of carbonyl (C=O) groups excluding carboxylic acids is 1. The highest BCUT2D eigenvalue weighted by molar-refractivity contribution is 5.83. The number of hydrogen-bond acceptors (Lipinski definition) is 3. The molecular formula is C19H26FNO3. The molecule has 0 saturated carbocycles. The van der Waals surface area contributed by atoms with Crippen LogP contribution >= 0.6 is 0 Å². The topological polar surface area (TPSA) is 47.6 Å². The molecule has 2 aliphatic heterocycles. The quantitative estimate of drug-likeness (QED) is 0.900. The van der Waals surface area contributed by atoms with E-state index in [0.29, 0.717) is 44.6 Å². The molecule has 5 heteroatoms. The van der Waals surface area contributed by atoms with E-state index in [2.05, 4.69) is 5.32 Å². The van der Waals surface area contributed by atoms with Gasteiger partial charge in [0.25, 0.3) is 0 Å². The second kappa shape index (κ2) is 7.19. The monoisotopic (exact) mass is 335 g/mol. The molecule has 2 aliphatic rings. The van der Waals surface area contributed by atoms with Crippen molar-refractivity contribution in [3.05, 3.63) is 35.6 Å². The normalized spacial score (nSPS) is 26.2. The fraction of sp³-hybridized carbons (Fsp3) is 0.632. The summed E-state index contributed by atoms with van der Waals surface area (Å²) < 4.78 is 25.3. The number of halogens is 1. The summed E-state index contributed by atoms with van der Waals surface area (Å²) in [5, 5.41) is 3.07. The molecule has 2 saturated heterocycles. The van der Waals surface area contributed by atoms with Gasteiger partial charge in [0, 0.05) is 26.4 Å². The summed E-state index contributed by atoms with van der Waals surface area (Å²) in [4.78, 5) is 13.0. The summed E-state index contributed by atoms with van der Waals surface area (Å²) in [5.41, 5.74) is -0.284. The van der Waals surface area contributed by atoms with Crippen LogP contribution in [-0.2, 0) is 20.7 Å². The van der Waals surface area contributed by atoms with Gasteiger partial charge in [-0.15, -0.1) is 0 Å². The number of ether oxygens (including phenoxy) is 2. The van der Waals surface area contributed by atoms with Gasteiger partial charge >= 0.3 is 0 Å². The molecule has 1 atom stereocenters. The lowest BCUT2D eigenvalue weighted by Crippen LogP contribution is -2.50. The number of benzene rings is 1. The van der Waals surface area contributed by atoms with Crippen LogP contribution in [0.4, 0.5) is 4.39 Å². The Morgan fingerprint density at radius 3 is 2.62 bits per heavy atom. The largest absolute Gasteiger partial charge is 0.381 e. The van der Waals surface area contributed by atoms with E-state index in [9.17, 15) is 9.18 Å². The fourth-order valence-electron chi connectivity index (χ4n) is 3.68. The van der Waals surface area contributed by atoms with Crippen LogP contribution < -0.4 is 5.32 Å². The van der Waals surface area contributed by atoms with Crippen molar-refractivity contribution in [2.45, 2.75) is 44.6 Å². The predicted molar refractivity (Wildman–Crippen MR) is 89.2 cm³/mol. The van der Waals surface area contributed by atoms with E-state index in [0.717, 1.165) is 19.4 Å². The van der Waals surface area contributed by atoms with E-state index in [1.54, 1.807) is 12.1 Å². The molecule has 4 nitrogen and oxygen atoms in total. The van der Waals surface area contributed by atoms with E-state index in [1.807, 2.05) is 13.0 Å². The molecule has 0 bridgehead atoms. The summed E-state index contributed by atoms with van der Waals surface area (Å²) in [7, 11) is 0. The summed E-state index contributed by atoms with van der Waals surface area (Å²) in [6.07, 6.45) is 3.62. The zero-order valence-electron chi connectivity index (χ0n) is 14.3. The molecule has 24 heavy (non-hydrogen) atoms. The molecule has 2 heterocycles. The van der Waals surface area contributed by atoms with Crippen LogP contribution in [0, 0.1) is 11.2 Å². The molecule has 0 spiro atoms. The van der Waals surface area contributed by atoms with Crippen LogP contribution in [0.3, 0.4) is 0 Å². The Morgan fingerprint density at radius 1 is 1.21 bits per heavy atom. The van der Waals surface area contributed by atoms with Gasteiger partial charge in [0.15, 0.2) is 0 Å². The summed E-state index contributed by atoms with van der Waals surface area (Å²) in [6.45, 7) is 4.37. The average molecular weight is 335 g/mol. The van der Waals surface area contributed by atoms with Gasteiger partial charge in [-0.05, 0) is 50.7 Å². The summed E-state index contributed by atoms with van der Waals surface area (Å²) >= 11 is 0. The molecule has 1 unspecified atom stereocenters. The third-order valence-corrected chi connectivity index (χ3v) is 5.34. The van der Waals surface area contributed by atoms with Gasteiger partial charge in [-0.25, -0.2) is 4.39 Å². The Bertz CT molecular complexity index is 578. The molecule has 1 N–H and O–H groups in total. The van der Waals surface area contributed by atoms with E-state index < -0.39 is 5.41 Å². The van der Waals surface area contributed by atoms with Gasteiger partial charge < -0.3 is 14.8 Å². The summed E-state index contributed by atoms with van der Waals surface area (Å²) in [5.74, 6) is -0.256. The molecule has 1 aromatic carbocycles. The number of amides is 1. The lowest BCUT2D eigenvalue weighted by molar-refractivity contribution is -0.138. The average Bonchev–Trinajstić information content (AvgIpc) is 3.03. The maximum Gasteiger partial charge on any atom is 0.226 e. The highest BCUT2D eigenvalue weighted by Gasteiger charge is 2.41. The van der Waals surface area contributed by atoms with Gasteiger partial charge in [-0.1, -0.05) is 18.2 Å². The van der Waals surface area contributed by atoms with Crippen LogP contribution in [0.25, 0.3) is 0 Å². The third kappa shape index (κ3) is 3.78. The number of nitrogens with one attached hydrogen (secondary N) is 1. The van der Waals surface area contributed by atoms with E-state index >= 15 is 0 Å². The van der Waals surface area contributed by atoms with Crippen molar-refractivity contribution in [3.63, 3.8) is 0 Å². The van der Waals surface area contributed by atoms with Crippen molar-refractivity contribution in [2.75, 3.05) is 26.4 Å². The van der Waals surface area contributed by atoms with Crippen LogP contribution in [-0.4, -0.2) is 37.9 Å². The SMILES string of the molecule is CC1(CNC(=O)C2(Cc3ccccc3F)CCOCC2)CCCO1. The van der Waals surface area contributed by atoms with Gasteiger partial charge in [0.1, 0.15) is 5.82 Å². The Kier molecular flexibility index (Phi) is 5.21. The first-order chi connectivity index (χ1) is 11.5. The van der Waals surface area contributed by atoms with Crippen molar-refractivity contribution >= 4 is 5.91 Å². The number of rotatable bonds is 5. The van der Waals surface area contributed by atoms with Crippen LogP contribution in [0.15, 0.2) is 24.3 Å². The predicted octanol–water partition coefficient (Wildman–Crippen LogP) is 2.85. The standard InChI is InChI=1S/C19H26FNO3/c1-18(7-4-10-24-18)14-21-17(22)19(8-11-23-12-9-19)13-15-5-2-3-6-16(15)20/h2-3,5-6H,4,7-14H2,1H3,(H,21,22). The molecule has 132 valence electrons. The van der Waals surface area contributed by atoms with Crippen LogP contribution in [0.5, 0.6) is 0 Å². The van der Waals surface area contributed by atoms with Crippen LogP contribution in [0.2, 0.25) is 0 Å². The van der Waals surface area contributed by atoms with E-state index in [4.69, 9.17) is 9.47 Å². The van der Waals surface area contributed by atoms with Crippen molar-refractivity contribution in [1.82, 2.24) is 5.32 Å². The zero-order chi connectivity index (χ0) is 17.0. The van der Waals surface area contributed by atoms with E-state index in [1.165, 1.54) is 6.07 Å². The smallest absolute Gasteiger partial charge is 0.226 e. The highest BCUT2D eigenvalue weighted by atomic mass is 19.1. The molecule has 3 rings (SSSR count). The van der Waals surface area contributed by atoms with Gasteiger partial charge in [0.2, 0.25) is 5.91 Å². The van der Waals surface area contributed by atoms with Crippen molar-refractivity contribution in [1.29, 1.82) is 0 Å². The van der Waals surface area contributed by atoms with Gasteiger partial charge in [-0.3, -0.25) is 4.79 Å². The maximum absolute atomic E-state index is 14.1. The molecule has 0 radical (unpaired) electrons. The Balaban J connectivity index is 1.72. The first-order valence-electron chi connectivity index (χ1n) is 8.77. The van der Waals surface area contributed by atoms with Crippen molar-refractivity contribution in [3.8, 4) is 0 Å². The molecule has 0 aliphatic carbocycles. The number of hydrogen-bond donors (Lipinski definition) is 1. The Hall–Kier alpha value is -1.46. The minimum absolute atomic E-state index is 0.00854. The molecule has 2 fully saturated rings. The highest BCUT2D eigenvalue weighted by Crippen LogP contribution is 2.36. The lowest BCUT2D eigenvalue weighted by atomic mass is 9.74. The molecular weight excluding hydrogens is 309 g/mol. The third-order valence-electron chi connectivity index (χ3n) is 5.34. The fourth-order valence-corrected chi connectivity index (χ4v) is 3.68. The van der Waals surface area contributed by atoms with Crippen LogP contribution in [0.1, 0.15) is 38.2 Å². The van der Waals surface area contributed by atoms with Crippen molar-refractivity contribution in [2.24, 2.45) is 5.41 Å². The Labute approximate surface area is 142 Å². The minimum Gasteiger partial charge on any atom is -0.381 e. The molecule has 1 amide bonds.